The van der Waals surface area contributed by atoms with Crippen molar-refractivity contribution in [2.45, 2.75) is 20.8 Å². The van der Waals surface area contributed by atoms with Crippen molar-refractivity contribution in [1.29, 1.82) is 0 Å². The molecule has 0 spiro atoms. The lowest BCUT2D eigenvalue weighted by Crippen LogP contribution is -2.00. The second kappa shape index (κ2) is 5.47. The van der Waals surface area contributed by atoms with Gasteiger partial charge < -0.3 is 14.9 Å². The third kappa shape index (κ3) is 2.27. The molecule has 0 radical (unpaired) electrons. The van der Waals surface area contributed by atoms with Crippen LogP contribution >= 0.6 is 0 Å². The van der Waals surface area contributed by atoms with E-state index in [1.54, 1.807) is 13.3 Å². The Morgan fingerprint density at radius 2 is 1.87 bits per heavy atom. The molecule has 2 N–H and O–H groups in total. The van der Waals surface area contributed by atoms with E-state index in [4.69, 9.17) is 10.5 Å². The molecule has 0 amide bonds. The number of allylic oxidation sites excluding steroid dienone is 1. The average Bonchev–Trinajstić information content (AvgIpc) is 2.86. The van der Waals surface area contributed by atoms with Crippen molar-refractivity contribution in [3.63, 3.8) is 0 Å². The van der Waals surface area contributed by atoms with Gasteiger partial charge in [0.2, 0.25) is 0 Å². The molecular formula is C19H21N3O. The number of nitrogens with zero attached hydrogens (tertiary/aromatic N) is 2. The quantitative estimate of drug-likeness (QED) is 0.787. The van der Waals surface area contributed by atoms with Gasteiger partial charge in [-0.1, -0.05) is 18.7 Å². The third-order valence-corrected chi connectivity index (χ3v) is 4.20. The first-order valence-corrected chi connectivity index (χ1v) is 7.52. The van der Waals surface area contributed by atoms with Crippen LogP contribution in [0.3, 0.4) is 0 Å². The van der Waals surface area contributed by atoms with Gasteiger partial charge in [-0.2, -0.15) is 0 Å². The normalized spacial score (nSPS) is 11.0. The van der Waals surface area contributed by atoms with Crippen LogP contribution in [0.4, 0.5) is 5.82 Å². The number of fused-ring (bicyclic) bond motifs is 1. The fraction of sp³-hybridized carbons (Fsp3) is 0.211. The van der Waals surface area contributed by atoms with Crippen LogP contribution in [-0.4, -0.2) is 16.5 Å². The van der Waals surface area contributed by atoms with Crippen molar-refractivity contribution in [3.05, 3.63) is 54.0 Å². The van der Waals surface area contributed by atoms with Crippen molar-refractivity contribution in [3.8, 4) is 16.9 Å². The minimum absolute atomic E-state index is 0.525. The van der Waals surface area contributed by atoms with Crippen LogP contribution in [0.2, 0.25) is 0 Å². The van der Waals surface area contributed by atoms with Crippen LogP contribution in [-0.2, 0) is 0 Å². The van der Waals surface area contributed by atoms with Gasteiger partial charge in [0.25, 0.3) is 0 Å². The fourth-order valence-corrected chi connectivity index (χ4v) is 3.22. The Morgan fingerprint density at radius 1 is 1.22 bits per heavy atom. The topological polar surface area (TPSA) is 52.5 Å². The number of hydrogen-bond acceptors (Lipinski definition) is 3. The Kier molecular flexibility index (Phi) is 3.60. The number of anilines is 1. The number of nitrogens with two attached hydrogens (primary N) is 1. The highest BCUT2D eigenvalue weighted by Gasteiger charge is 2.21. The first-order valence-electron chi connectivity index (χ1n) is 7.52. The summed E-state index contributed by atoms with van der Waals surface area (Å²) in [5.41, 5.74) is 13.6. The molecule has 0 saturated carbocycles. The Hall–Kier alpha value is -2.75. The molecule has 118 valence electrons. The summed E-state index contributed by atoms with van der Waals surface area (Å²) in [4.78, 5) is 4.34. The van der Waals surface area contributed by atoms with E-state index in [0.29, 0.717) is 5.82 Å². The maximum absolute atomic E-state index is 6.22. The summed E-state index contributed by atoms with van der Waals surface area (Å²) in [6, 6.07) is 8.00. The highest BCUT2D eigenvalue weighted by atomic mass is 16.5. The summed E-state index contributed by atoms with van der Waals surface area (Å²) >= 11 is 0. The lowest BCUT2D eigenvalue weighted by molar-refractivity contribution is 0.415. The summed E-state index contributed by atoms with van der Waals surface area (Å²) in [5.74, 6) is 1.35. The predicted molar refractivity (Wildman–Crippen MR) is 95.8 cm³/mol. The van der Waals surface area contributed by atoms with Gasteiger partial charge >= 0.3 is 0 Å². The number of hydrogen-bond donors (Lipinski definition) is 1. The molecule has 3 rings (SSSR count). The van der Waals surface area contributed by atoms with E-state index in [1.807, 2.05) is 38.1 Å². The number of aromatic nitrogens is 2. The lowest BCUT2D eigenvalue weighted by atomic mass is 9.97. The van der Waals surface area contributed by atoms with Gasteiger partial charge in [0.1, 0.15) is 11.6 Å². The number of nitrogen functional groups attached to an aromatic ring is 1. The van der Waals surface area contributed by atoms with Crippen LogP contribution in [0.15, 0.2) is 37.0 Å². The number of ether oxygens (including phenoxy) is 1. The number of rotatable bonds is 3. The van der Waals surface area contributed by atoms with Crippen LogP contribution in [0.25, 0.3) is 22.2 Å². The molecule has 4 heteroatoms. The van der Waals surface area contributed by atoms with Crippen LogP contribution < -0.4 is 10.5 Å². The minimum atomic E-state index is 0.525. The molecule has 23 heavy (non-hydrogen) atoms. The van der Waals surface area contributed by atoms with E-state index < -0.39 is 0 Å². The van der Waals surface area contributed by atoms with Crippen LogP contribution in [0.5, 0.6) is 5.75 Å². The molecule has 2 heterocycles. The maximum Gasteiger partial charge on any atom is 0.148 e. The van der Waals surface area contributed by atoms with E-state index in [9.17, 15) is 0 Å². The molecule has 0 atom stereocenters. The van der Waals surface area contributed by atoms with Crippen LogP contribution in [0.1, 0.15) is 23.9 Å². The van der Waals surface area contributed by atoms with Gasteiger partial charge in [-0.05, 0) is 44.0 Å². The number of benzene rings is 1. The lowest BCUT2D eigenvalue weighted by Gasteiger charge is -2.08. The molecule has 0 aliphatic heterocycles. The molecule has 2 aromatic heterocycles. The number of methoxy groups -OCH3 is 1. The minimum Gasteiger partial charge on any atom is -0.497 e. The summed E-state index contributed by atoms with van der Waals surface area (Å²) in [7, 11) is 1.66. The summed E-state index contributed by atoms with van der Waals surface area (Å²) in [6.07, 6.45) is 1.80. The van der Waals surface area contributed by atoms with Gasteiger partial charge in [0.15, 0.2) is 0 Å². The monoisotopic (exact) mass is 307 g/mol. The second-order valence-electron chi connectivity index (χ2n) is 5.81. The Balaban J connectivity index is 2.44. The van der Waals surface area contributed by atoms with Gasteiger partial charge in [-0.3, -0.25) is 0 Å². The Labute approximate surface area is 136 Å². The number of aryl methyl sites for hydroxylation is 2. The predicted octanol–water partition coefficient (Wildman–Crippen LogP) is 4.24. The van der Waals surface area contributed by atoms with Crippen molar-refractivity contribution in [2.24, 2.45) is 0 Å². The Bertz CT molecular complexity index is 905. The first kappa shape index (κ1) is 15.2. The standard InChI is InChI=1S/C19H21N3O/c1-11(2)16-13(4)22-12(3)10-21-19(20)18(22)17(16)14-6-8-15(23-5)9-7-14/h6-10H,1H2,2-5H3,(H2,20,21). The van der Waals surface area contributed by atoms with Gasteiger partial charge in [-0.15, -0.1) is 0 Å². The van der Waals surface area contributed by atoms with Crippen LogP contribution in [0, 0.1) is 13.8 Å². The summed E-state index contributed by atoms with van der Waals surface area (Å²) < 4.78 is 7.42. The van der Waals surface area contributed by atoms with Crippen molar-refractivity contribution in [2.75, 3.05) is 12.8 Å². The highest BCUT2D eigenvalue weighted by Crippen LogP contribution is 2.39. The zero-order chi connectivity index (χ0) is 16.7. The zero-order valence-electron chi connectivity index (χ0n) is 14.0. The average molecular weight is 307 g/mol. The van der Waals surface area contributed by atoms with Gasteiger partial charge in [-0.25, -0.2) is 4.98 Å². The molecule has 0 unspecified atom stereocenters. The van der Waals surface area contributed by atoms with Crippen molar-refractivity contribution >= 4 is 16.9 Å². The smallest absolute Gasteiger partial charge is 0.148 e. The fourth-order valence-electron chi connectivity index (χ4n) is 3.22. The Morgan fingerprint density at radius 3 is 2.43 bits per heavy atom. The molecule has 0 aliphatic carbocycles. The summed E-state index contributed by atoms with van der Waals surface area (Å²) in [6.45, 7) is 10.3. The van der Waals surface area contributed by atoms with E-state index in [2.05, 4.69) is 22.9 Å². The molecule has 1 aromatic carbocycles. The molecule has 0 aliphatic rings. The first-order chi connectivity index (χ1) is 11.0. The second-order valence-corrected chi connectivity index (χ2v) is 5.81. The van der Waals surface area contributed by atoms with Gasteiger partial charge in [0, 0.05) is 28.7 Å². The molecule has 4 nitrogen and oxygen atoms in total. The van der Waals surface area contributed by atoms with Gasteiger partial charge in [0.05, 0.1) is 12.6 Å². The van der Waals surface area contributed by atoms with Crippen molar-refractivity contribution in [1.82, 2.24) is 9.38 Å². The van der Waals surface area contributed by atoms with E-state index in [0.717, 1.165) is 44.9 Å². The third-order valence-electron chi connectivity index (χ3n) is 4.20. The molecular weight excluding hydrogens is 286 g/mol. The van der Waals surface area contributed by atoms with E-state index in [1.165, 1.54) is 0 Å². The molecule has 0 bridgehead atoms. The molecule has 0 fully saturated rings. The van der Waals surface area contributed by atoms with E-state index >= 15 is 0 Å². The zero-order valence-corrected chi connectivity index (χ0v) is 14.0. The molecule has 0 saturated heterocycles. The largest absolute Gasteiger partial charge is 0.497 e. The molecule has 3 aromatic rings. The SMILES string of the molecule is C=C(C)c1c(-c2ccc(OC)cc2)c2c(N)ncc(C)n2c1C. The van der Waals surface area contributed by atoms with Crippen molar-refractivity contribution < 1.29 is 4.74 Å². The van der Waals surface area contributed by atoms with E-state index in [-0.39, 0.29) is 0 Å². The highest BCUT2D eigenvalue weighted by molar-refractivity contribution is 5.97. The summed E-state index contributed by atoms with van der Waals surface area (Å²) in [5, 5.41) is 0. The maximum atomic E-state index is 6.22.